The molecule has 1 heterocycles. The Kier molecular flexibility index (Phi) is 13.2. The van der Waals surface area contributed by atoms with Gasteiger partial charge in [-0.3, -0.25) is 9.59 Å². The Morgan fingerprint density at radius 2 is 1.53 bits per heavy atom. The molecule has 0 atom stereocenters. The van der Waals surface area contributed by atoms with Crippen molar-refractivity contribution in [3.8, 4) is 5.75 Å². The number of aldehydes is 1. The summed E-state index contributed by atoms with van der Waals surface area (Å²) in [6.07, 6.45) is 3.40. The number of hydrogen-bond donors (Lipinski definition) is 1. The van der Waals surface area contributed by atoms with Crippen LogP contribution < -0.4 is 15.0 Å². The maximum atomic E-state index is 10.9. The first-order valence-corrected chi connectivity index (χ1v) is 11.9. The topological polar surface area (TPSA) is 61.9 Å². The fourth-order valence-corrected chi connectivity index (χ4v) is 3.67. The van der Waals surface area contributed by atoms with Gasteiger partial charge >= 0.3 is 0 Å². The minimum atomic E-state index is 0.0520. The second kappa shape index (κ2) is 15.3. The molecule has 0 bridgehead atoms. The third-order valence-corrected chi connectivity index (χ3v) is 6.25. The highest BCUT2D eigenvalue weighted by atomic mass is 16.5. The zero-order valence-electron chi connectivity index (χ0n) is 22.3. The average molecular weight is 470 g/mol. The second-order valence-electron chi connectivity index (χ2n) is 8.93. The van der Waals surface area contributed by atoms with Crippen molar-refractivity contribution in [3.05, 3.63) is 58.7 Å². The van der Waals surface area contributed by atoms with Crippen molar-refractivity contribution in [2.75, 3.05) is 45.7 Å². The fraction of sp³-hybridized carbons (Fsp3) is 0.500. The predicted molar refractivity (Wildman–Crippen MR) is 142 cm³/mol. The monoisotopic (exact) mass is 469 g/mol. The zero-order chi connectivity index (χ0) is 25.7. The van der Waals surface area contributed by atoms with E-state index in [2.05, 4.69) is 44.2 Å². The quantitative estimate of drug-likeness (QED) is 0.655. The highest BCUT2D eigenvalue weighted by Crippen LogP contribution is 2.28. The third kappa shape index (κ3) is 9.65. The number of nitrogens with one attached hydrogen (secondary N) is 1. The number of rotatable bonds is 5. The third-order valence-electron chi connectivity index (χ3n) is 6.25. The smallest absolute Gasteiger partial charge is 0.223 e. The number of carbonyl (C=O) groups excluding carboxylic acids is 2. The Labute approximate surface area is 206 Å². The van der Waals surface area contributed by atoms with Crippen molar-refractivity contribution < 1.29 is 14.3 Å². The number of anilines is 1. The summed E-state index contributed by atoms with van der Waals surface area (Å²) < 4.78 is 5.41. The van der Waals surface area contributed by atoms with Crippen LogP contribution in [0, 0.1) is 27.7 Å². The van der Waals surface area contributed by atoms with Gasteiger partial charge < -0.3 is 19.9 Å². The summed E-state index contributed by atoms with van der Waals surface area (Å²) in [6, 6.07) is 12.5. The van der Waals surface area contributed by atoms with Gasteiger partial charge in [-0.1, -0.05) is 24.3 Å². The molecule has 6 heteroatoms. The molecule has 0 saturated carbocycles. The molecule has 1 amide bonds. The van der Waals surface area contributed by atoms with E-state index in [9.17, 15) is 9.59 Å². The molecule has 6 nitrogen and oxygen atoms in total. The van der Waals surface area contributed by atoms with E-state index in [-0.39, 0.29) is 12.5 Å². The van der Waals surface area contributed by atoms with Gasteiger partial charge in [0, 0.05) is 25.7 Å². The van der Waals surface area contributed by atoms with E-state index < -0.39 is 0 Å². The summed E-state index contributed by atoms with van der Waals surface area (Å²) >= 11 is 0. The zero-order valence-corrected chi connectivity index (χ0v) is 22.3. The summed E-state index contributed by atoms with van der Waals surface area (Å²) in [5, 5.41) is 3.34. The highest BCUT2D eigenvalue weighted by molar-refractivity contribution is 5.90. The van der Waals surface area contributed by atoms with Crippen LogP contribution in [0.25, 0.3) is 0 Å². The van der Waals surface area contributed by atoms with E-state index >= 15 is 0 Å². The lowest BCUT2D eigenvalue weighted by Crippen LogP contribution is -2.39. The van der Waals surface area contributed by atoms with Crippen LogP contribution in [0.3, 0.4) is 0 Å². The van der Waals surface area contributed by atoms with Crippen molar-refractivity contribution >= 4 is 17.9 Å². The predicted octanol–water partition coefficient (Wildman–Crippen LogP) is 4.47. The van der Waals surface area contributed by atoms with Crippen LogP contribution in [0.5, 0.6) is 5.75 Å². The van der Waals surface area contributed by atoms with Gasteiger partial charge in [0.25, 0.3) is 0 Å². The number of hydrogen-bond acceptors (Lipinski definition) is 5. The maximum absolute atomic E-state index is 10.9. The van der Waals surface area contributed by atoms with Crippen LogP contribution in [0.2, 0.25) is 0 Å². The Balaban J connectivity index is 0.000000262. The minimum absolute atomic E-state index is 0.0520. The molecule has 0 unspecified atom stereocenters. The van der Waals surface area contributed by atoms with Crippen molar-refractivity contribution in [1.82, 2.24) is 10.2 Å². The standard InChI is InChI=1S/C12H16O2.C9H11NO.C7H16N2/c1-8-7-9(2)11(4)12(10(8)3)14-6-5-13;1-8(11)10(2)9-6-4-3-5-7-9;1-9(2)7-3-5-8-6-4-7/h5,7H,6H2,1-4H3;3-7H,1-2H3;7-8H,3-6H2,1-2H3. The average Bonchev–Trinajstić information content (AvgIpc) is 2.84. The van der Waals surface area contributed by atoms with Gasteiger partial charge in [-0.05, 0) is 102 Å². The van der Waals surface area contributed by atoms with Crippen LogP contribution in [-0.4, -0.2) is 64.0 Å². The molecule has 3 rings (SSSR count). The number of aryl methyl sites for hydroxylation is 2. The maximum Gasteiger partial charge on any atom is 0.223 e. The first-order chi connectivity index (χ1) is 16.1. The molecule has 0 aromatic heterocycles. The normalized spacial score (nSPS) is 13.2. The van der Waals surface area contributed by atoms with Crippen molar-refractivity contribution in [2.45, 2.75) is 53.5 Å². The van der Waals surface area contributed by atoms with Crippen LogP contribution >= 0.6 is 0 Å². The number of para-hydroxylation sites is 1. The van der Waals surface area contributed by atoms with E-state index in [1.165, 1.54) is 37.1 Å². The highest BCUT2D eigenvalue weighted by Gasteiger charge is 2.13. The largest absolute Gasteiger partial charge is 0.486 e. The van der Waals surface area contributed by atoms with Crippen LogP contribution in [0.1, 0.15) is 42.0 Å². The minimum Gasteiger partial charge on any atom is -0.486 e. The van der Waals surface area contributed by atoms with E-state index in [4.69, 9.17) is 4.74 Å². The Morgan fingerprint density at radius 1 is 1.00 bits per heavy atom. The molecule has 1 aliphatic rings. The molecule has 0 radical (unpaired) electrons. The van der Waals surface area contributed by atoms with Gasteiger partial charge in [-0.2, -0.15) is 0 Å². The summed E-state index contributed by atoms with van der Waals surface area (Å²) in [6.45, 7) is 12.2. The molecule has 0 spiro atoms. The molecule has 0 aliphatic carbocycles. The van der Waals surface area contributed by atoms with Gasteiger partial charge in [0.2, 0.25) is 5.91 Å². The van der Waals surface area contributed by atoms with Gasteiger partial charge in [-0.15, -0.1) is 0 Å². The van der Waals surface area contributed by atoms with E-state index in [1.54, 1.807) is 18.9 Å². The Bertz CT molecular complexity index is 865. The Hall–Kier alpha value is -2.70. The first-order valence-electron chi connectivity index (χ1n) is 11.9. The second-order valence-corrected chi connectivity index (χ2v) is 8.93. The first kappa shape index (κ1) is 29.3. The van der Waals surface area contributed by atoms with Crippen molar-refractivity contribution in [2.24, 2.45) is 0 Å². The summed E-state index contributed by atoms with van der Waals surface area (Å²) in [5.41, 5.74) is 5.58. The number of amides is 1. The Morgan fingerprint density at radius 3 is 1.94 bits per heavy atom. The van der Waals surface area contributed by atoms with Crippen LogP contribution in [0.15, 0.2) is 36.4 Å². The number of carbonyl (C=O) groups is 2. The van der Waals surface area contributed by atoms with Crippen molar-refractivity contribution in [1.29, 1.82) is 0 Å². The molecule has 188 valence electrons. The van der Waals surface area contributed by atoms with Crippen LogP contribution in [-0.2, 0) is 9.59 Å². The van der Waals surface area contributed by atoms with E-state index in [0.29, 0.717) is 0 Å². The molecule has 1 saturated heterocycles. The van der Waals surface area contributed by atoms with Gasteiger partial charge in [0.1, 0.15) is 12.4 Å². The van der Waals surface area contributed by atoms with E-state index in [1.807, 2.05) is 44.2 Å². The fourth-order valence-electron chi connectivity index (χ4n) is 3.67. The lowest BCUT2D eigenvalue weighted by atomic mass is 10.0. The van der Waals surface area contributed by atoms with Crippen LogP contribution in [0.4, 0.5) is 5.69 Å². The number of benzene rings is 2. The molecular weight excluding hydrogens is 426 g/mol. The van der Waals surface area contributed by atoms with Crippen molar-refractivity contribution in [3.63, 3.8) is 0 Å². The SMILES string of the molecule is CC(=O)N(C)c1ccccc1.CN(C)C1CCNCC1.Cc1cc(C)c(C)c(OCC=O)c1C. The molecule has 1 N–H and O–H groups in total. The molecular formula is C28H43N3O3. The number of piperidine rings is 1. The summed E-state index contributed by atoms with van der Waals surface area (Å²) in [5.74, 6) is 0.908. The van der Waals surface area contributed by atoms with E-state index in [0.717, 1.165) is 34.9 Å². The molecule has 1 fully saturated rings. The molecule has 1 aliphatic heterocycles. The molecule has 34 heavy (non-hydrogen) atoms. The van der Waals surface area contributed by atoms with Gasteiger partial charge in [0.05, 0.1) is 0 Å². The molecule has 2 aromatic rings. The lowest BCUT2D eigenvalue weighted by molar-refractivity contribution is -0.116. The molecule has 2 aromatic carbocycles. The summed E-state index contributed by atoms with van der Waals surface area (Å²) in [4.78, 5) is 25.0. The number of nitrogens with zero attached hydrogens (tertiary/aromatic N) is 2. The number of ether oxygens (including phenoxy) is 1. The summed E-state index contributed by atoms with van der Waals surface area (Å²) in [7, 11) is 6.09. The van der Waals surface area contributed by atoms with Gasteiger partial charge in [0.15, 0.2) is 6.29 Å². The van der Waals surface area contributed by atoms with Gasteiger partial charge in [-0.25, -0.2) is 0 Å². The lowest BCUT2D eigenvalue weighted by Gasteiger charge is -2.28.